The first-order valence-corrected chi connectivity index (χ1v) is 7.70. The monoisotopic (exact) mass is 286 g/mol. The van der Waals surface area contributed by atoms with Crippen molar-refractivity contribution in [3.8, 4) is 0 Å². The summed E-state index contributed by atoms with van der Waals surface area (Å²) in [7, 11) is -3.24. The number of nitrogens with two attached hydrogens (primary N) is 1. The van der Waals surface area contributed by atoms with E-state index in [2.05, 4.69) is 5.32 Å². The van der Waals surface area contributed by atoms with Gasteiger partial charge in [0.2, 0.25) is 0 Å². The summed E-state index contributed by atoms with van der Waals surface area (Å²) in [6.45, 7) is 1.68. The fourth-order valence-corrected chi connectivity index (χ4v) is 2.01. The Hall–Kier alpha value is -1.44. The minimum atomic E-state index is -3.24. The lowest BCUT2D eigenvalue weighted by Crippen LogP contribution is -2.27. The Morgan fingerprint density at radius 3 is 2.42 bits per heavy atom. The van der Waals surface area contributed by atoms with E-state index in [1.165, 1.54) is 24.3 Å². The molecule has 0 aliphatic rings. The van der Waals surface area contributed by atoms with Crippen LogP contribution in [0.5, 0.6) is 0 Å². The van der Waals surface area contributed by atoms with Crippen molar-refractivity contribution in [1.82, 2.24) is 5.32 Å². The van der Waals surface area contributed by atoms with Crippen molar-refractivity contribution in [2.45, 2.75) is 4.90 Å². The van der Waals surface area contributed by atoms with Crippen molar-refractivity contribution in [1.29, 1.82) is 0 Å². The Labute approximate surface area is 112 Å². The predicted molar refractivity (Wildman–Crippen MR) is 71.8 cm³/mol. The van der Waals surface area contributed by atoms with Gasteiger partial charge >= 0.3 is 0 Å². The number of nitrogens with one attached hydrogen (secondary N) is 1. The summed E-state index contributed by atoms with van der Waals surface area (Å²) in [6.07, 6.45) is 1.12. The third-order valence-corrected chi connectivity index (χ3v) is 3.47. The summed E-state index contributed by atoms with van der Waals surface area (Å²) in [4.78, 5) is 11.9. The van der Waals surface area contributed by atoms with E-state index in [1.807, 2.05) is 0 Å². The highest BCUT2D eigenvalue weighted by atomic mass is 32.2. The minimum Gasteiger partial charge on any atom is -0.378 e. The van der Waals surface area contributed by atoms with Gasteiger partial charge in [0.05, 0.1) is 18.1 Å². The number of ether oxygens (including phenoxy) is 1. The number of hydrogen-bond acceptors (Lipinski definition) is 5. The molecule has 0 aliphatic heterocycles. The molecule has 0 heterocycles. The maximum absolute atomic E-state index is 11.7. The van der Waals surface area contributed by atoms with E-state index in [1.54, 1.807) is 0 Å². The number of carbonyl (C=O) groups excluding carboxylic acids is 1. The van der Waals surface area contributed by atoms with E-state index < -0.39 is 9.84 Å². The molecule has 1 amide bonds. The highest BCUT2D eigenvalue weighted by Gasteiger charge is 2.09. The Balaban J connectivity index is 2.50. The summed E-state index contributed by atoms with van der Waals surface area (Å²) in [5.74, 6) is -0.267. The molecule has 0 saturated carbocycles. The van der Waals surface area contributed by atoms with Crippen molar-refractivity contribution in [3.63, 3.8) is 0 Å². The molecule has 6 nitrogen and oxygen atoms in total. The molecule has 0 fully saturated rings. The molecule has 0 spiro atoms. The van der Waals surface area contributed by atoms with Gasteiger partial charge < -0.3 is 15.8 Å². The lowest BCUT2D eigenvalue weighted by atomic mass is 10.2. The molecule has 19 heavy (non-hydrogen) atoms. The molecule has 1 rings (SSSR count). The SMILES string of the molecule is CS(=O)(=O)c1ccc(C(=O)NCCOCCN)cc1. The molecule has 0 radical (unpaired) electrons. The Bertz CT molecular complexity index is 511. The topological polar surface area (TPSA) is 98.5 Å². The van der Waals surface area contributed by atoms with Gasteiger partial charge in [-0.1, -0.05) is 0 Å². The lowest BCUT2D eigenvalue weighted by molar-refractivity contribution is 0.0920. The van der Waals surface area contributed by atoms with E-state index in [9.17, 15) is 13.2 Å². The van der Waals surface area contributed by atoms with Crippen LogP contribution in [0.25, 0.3) is 0 Å². The molecule has 1 aromatic carbocycles. The van der Waals surface area contributed by atoms with Gasteiger partial charge in [0.25, 0.3) is 5.91 Å². The number of hydrogen-bond donors (Lipinski definition) is 2. The maximum atomic E-state index is 11.7. The van der Waals surface area contributed by atoms with Crippen LogP contribution in [0.2, 0.25) is 0 Å². The molecule has 3 N–H and O–H groups in total. The molecule has 0 bridgehead atoms. The highest BCUT2D eigenvalue weighted by molar-refractivity contribution is 7.90. The summed E-state index contributed by atoms with van der Waals surface area (Å²) in [6, 6.07) is 5.78. The standard InChI is InChI=1S/C12H18N2O4S/c1-19(16,17)11-4-2-10(3-5-11)12(15)14-7-9-18-8-6-13/h2-5H,6-9,13H2,1H3,(H,14,15). The average molecular weight is 286 g/mol. The van der Waals surface area contributed by atoms with E-state index in [0.29, 0.717) is 31.9 Å². The van der Waals surface area contributed by atoms with Gasteiger partial charge in [-0.3, -0.25) is 4.79 Å². The van der Waals surface area contributed by atoms with Crippen LogP contribution < -0.4 is 11.1 Å². The van der Waals surface area contributed by atoms with Crippen LogP contribution in [0, 0.1) is 0 Å². The zero-order valence-electron chi connectivity index (χ0n) is 10.8. The lowest BCUT2D eigenvalue weighted by Gasteiger charge is -2.06. The van der Waals surface area contributed by atoms with Crippen LogP contribution in [-0.2, 0) is 14.6 Å². The van der Waals surface area contributed by atoms with E-state index in [0.717, 1.165) is 6.26 Å². The molecule has 0 aliphatic carbocycles. The van der Waals surface area contributed by atoms with Crippen molar-refractivity contribution in [2.24, 2.45) is 5.73 Å². The summed E-state index contributed by atoms with van der Waals surface area (Å²) in [5.41, 5.74) is 5.66. The van der Waals surface area contributed by atoms with Gasteiger partial charge in [-0.2, -0.15) is 0 Å². The summed E-state index contributed by atoms with van der Waals surface area (Å²) >= 11 is 0. The molecule has 0 aromatic heterocycles. The Morgan fingerprint density at radius 1 is 1.26 bits per heavy atom. The molecule has 0 unspecified atom stereocenters. The van der Waals surface area contributed by atoms with Gasteiger partial charge in [0, 0.05) is 24.9 Å². The fraction of sp³-hybridized carbons (Fsp3) is 0.417. The number of amides is 1. The second kappa shape index (κ2) is 7.22. The largest absolute Gasteiger partial charge is 0.378 e. The first kappa shape index (κ1) is 15.6. The number of carbonyl (C=O) groups is 1. The smallest absolute Gasteiger partial charge is 0.251 e. The van der Waals surface area contributed by atoms with Crippen molar-refractivity contribution < 1.29 is 17.9 Å². The molecule has 7 heteroatoms. The van der Waals surface area contributed by atoms with Gasteiger partial charge in [0.1, 0.15) is 0 Å². The fourth-order valence-electron chi connectivity index (χ4n) is 1.38. The van der Waals surface area contributed by atoms with Gasteiger partial charge in [-0.25, -0.2) is 8.42 Å². The van der Waals surface area contributed by atoms with Crippen LogP contribution in [0.4, 0.5) is 0 Å². The number of sulfone groups is 1. The number of rotatable bonds is 7. The van der Waals surface area contributed by atoms with E-state index in [-0.39, 0.29) is 10.8 Å². The molecule has 0 atom stereocenters. The van der Waals surface area contributed by atoms with Crippen LogP contribution in [-0.4, -0.2) is 46.9 Å². The van der Waals surface area contributed by atoms with Gasteiger partial charge in [-0.05, 0) is 24.3 Å². The predicted octanol–water partition coefficient (Wildman–Crippen LogP) is -0.205. The van der Waals surface area contributed by atoms with Crippen LogP contribution in [0.15, 0.2) is 29.2 Å². The third kappa shape index (κ3) is 5.37. The first-order chi connectivity index (χ1) is 8.95. The normalized spacial score (nSPS) is 11.3. The maximum Gasteiger partial charge on any atom is 0.251 e. The van der Waals surface area contributed by atoms with Gasteiger partial charge in [-0.15, -0.1) is 0 Å². The molecule has 0 saturated heterocycles. The summed E-state index contributed by atoms with van der Waals surface area (Å²) in [5, 5.41) is 2.66. The molecule has 106 valence electrons. The zero-order chi connectivity index (χ0) is 14.3. The zero-order valence-corrected chi connectivity index (χ0v) is 11.6. The van der Waals surface area contributed by atoms with Crippen LogP contribution >= 0.6 is 0 Å². The first-order valence-electron chi connectivity index (χ1n) is 5.81. The second-order valence-electron chi connectivity index (χ2n) is 3.95. The van der Waals surface area contributed by atoms with Gasteiger partial charge in [0.15, 0.2) is 9.84 Å². The van der Waals surface area contributed by atoms with Crippen LogP contribution in [0.1, 0.15) is 10.4 Å². The molecular weight excluding hydrogens is 268 g/mol. The van der Waals surface area contributed by atoms with Crippen molar-refractivity contribution in [3.05, 3.63) is 29.8 Å². The quantitative estimate of drug-likeness (QED) is 0.676. The van der Waals surface area contributed by atoms with Crippen LogP contribution in [0.3, 0.4) is 0 Å². The van der Waals surface area contributed by atoms with Crippen molar-refractivity contribution >= 4 is 15.7 Å². The van der Waals surface area contributed by atoms with E-state index in [4.69, 9.17) is 10.5 Å². The molecule has 1 aromatic rings. The third-order valence-electron chi connectivity index (χ3n) is 2.34. The highest BCUT2D eigenvalue weighted by Crippen LogP contribution is 2.10. The number of benzene rings is 1. The summed E-state index contributed by atoms with van der Waals surface area (Å²) < 4.78 is 27.6. The van der Waals surface area contributed by atoms with Crippen molar-refractivity contribution in [2.75, 3.05) is 32.6 Å². The average Bonchev–Trinajstić information content (AvgIpc) is 2.37. The molecular formula is C12H18N2O4S. The Morgan fingerprint density at radius 2 is 1.89 bits per heavy atom. The van der Waals surface area contributed by atoms with E-state index >= 15 is 0 Å². The minimum absolute atomic E-state index is 0.190. The second-order valence-corrected chi connectivity index (χ2v) is 5.97. The Kier molecular flexibility index (Phi) is 5.94.